The third-order valence-corrected chi connectivity index (χ3v) is 1.95. The van der Waals surface area contributed by atoms with E-state index in [0.717, 1.165) is 19.3 Å². The van der Waals surface area contributed by atoms with Gasteiger partial charge in [-0.05, 0) is 19.3 Å². The van der Waals surface area contributed by atoms with Gasteiger partial charge in [0.2, 0.25) is 0 Å². The van der Waals surface area contributed by atoms with Crippen LogP contribution in [-0.4, -0.2) is 31.3 Å². The monoisotopic (exact) mass is 211 g/mol. The summed E-state index contributed by atoms with van der Waals surface area (Å²) < 4.78 is 39.7. The summed E-state index contributed by atoms with van der Waals surface area (Å²) in [6, 6.07) is 0. The average Bonchev–Trinajstić information content (AvgIpc) is 1.94. The Morgan fingerprint density at radius 3 is 2.50 bits per heavy atom. The van der Waals surface area contributed by atoms with E-state index in [2.05, 4.69) is 0 Å². The number of alkyl halides is 3. The zero-order valence-corrected chi connectivity index (χ0v) is 7.56. The molecule has 0 saturated heterocycles. The molecule has 0 amide bonds. The highest BCUT2D eigenvalue weighted by Gasteiger charge is 2.27. The Morgan fingerprint density at radius 1 is 1.43 bits per heavy atom. The fourth-order valence-electron chi connectivity index (χ4n) is 1.02. The fourth-order valence-corrected chi connectivity index (χ4v) is 1.02. The first-order chi connectivity index (χ1) is 6.47. The summed E-state index contributed by atoms with van der Waals surface area (Å²) in [6.45, 7) is -1.54. The third kappa shape index (κ3) is 4.45. The van der Waals surface area contributed by atoms with Crippen molar-refractivity contribution in [3.8, 4) is 0 Å². The lowest BCUT2D eigenvalue weighted by Gasteiger charge is -2.25. The minimum Gasteiger partial charge on any atom is -0.461 e. The van der Waals surface area contributed by atoms with Gasteiger partial charge in [-0.15, -0.1) is 0 Å². The summed E-state index contributed by atoms with van der Waals surface area (Å²) in [6.07, 6.45) is -1.68. The third-order valence-electron chi connectivity index (χ3n) is 1.95. The molecule has 0 atom stereocenters. The summed E-state index contributed by atoms with van der Waals surface area (Å²) in [4.78, 5) is 10.9. The van der Waals surface area contributed by atoms with Crippen molar-refractivity contribution in [1.29, 1.82) is 0 Å². The van der Waals surface area contributed by atoms with Gasteiger partial charge in [-0.2, -0.15) is 13.2 Å². The number of carbonyl (C=O) groups is 1. The molecule has 1 fully saturated rings. The van der Waals surface area contributed by atoms with Gasteiger partial charge in [0.05, 0.1) is 13.1 Å². The molecule has 0 bridgehead atoms. The predicted octanol–water partition coefficient (Wildman–Crippen LogP) is 1.23. The Morgan fingerprint density at radius 2 is 2.07 bits per heavy atom. The van der Waals surface area contributed by atoms with Crippen LogP contribution in [0.2, 0.25) is 0 Å². The van der Waals surface area contributed by atoms with E-state index in [0.29, 0.717) is 0 Å². The highest BCUT2D eigenvalue weighted by molar-refractivity contribution is 5.71. The molecule has 0 aliphatic heterocycles. The van der Waals surface area contributed by atoms with Crippen LogP contribution in [0.5, 0.6) is 0 Å². The van der Waals surface area contributed by atoms with Gasteiger partial charge in [-0.3, -0.25) is 10.1 Å². The summed E-state index contributed by atoms with van der Waals surface area (Å²) in [5.74, 6) is -0.612. The molecule has 1 saturated carbocycles. The maximum atomic E-state index is 11.6. The van der Waals surface area contributed by atoms with Gasteiger partial charge in [0.1, 0.15) is 6.10 Å². The molecule has 1 rings (SSSR count). The first-order valence-corrected chi connectivity index (χ1v) is 4.44. The van der Waals surface area contributed by atoms with Crippen LogP contribution in [0, 0.1) is 0 Å². The number of rotatable bonds is 4. The first kappa shape index (κ1) is 11.3. The quantitative estimate of drug-likeness (QED) is 0.711. The fraction of sp³-hybridized carbons (Fsp3) is 0.875. The van der Waals surface area contributed by atoms with E-state index in [9.17, 15) is 18.0 Å². The molecule has 1 aliphatic carbocycles. The number of carbonyl (C=O) groups excluding carboxylic acids is 1. The normalized spacial score (nSPS) is 17.6. The van der Waals surface area contributed by atoms with Crippen LogP contribution in [0.25, 0.3) is 0 Å². The van der Waals surface area contributed by atoms with E-state index in [1.807, 2.05) is 5.32 Å². The molecule has 0 aromatic heterocycles. The number of esters is 1. The first-order valence-electron chi connectivity index (χ1n) is 4.44. The van der Waals surface area contributed by atoms with Crippen molar-refractivity contribution < 1.29 is 22.7 Å². The van der Waals surface area contributed by atoms with Crippen molar-refractivity contribution >= 4 is 5.97 Å². The summed E-state index contributed by atoms with van der Waals surface area (Å²) in [7, 11) is 0. The molecule has 1 N–H and O–H groups in total. The maximum Gasteiger partial charge on any atom is 0.401 e. The molecule has 3 nitrogen and oxygen atoms in total. The summed E-state index contributed by atoms with van der Waals surface area (Å²) in [5, 5.41) is 1.98. The standard InChI is InChI=1S/C8H12F3NO2/c9-8(10,11)5-12-4-7(13)14-6-2-1-3-6/h6,12H,1-5H2. The number of halogens is 3. The van der Waals surface area contributed by atoms with Gasteiger partial charge in [0.25, 0.3) is 0 Å². The lowest BCUT2D eigenvalue weighted by molar-refractivity contribution is -0.153. The Kier molecular flexibility index (Phi) is 3.74. The minimum atomic E-state index is -4.28. The lowest BCUT2D eigenvalue weighted by Crippen LogP contribution is -2.36. The molecule has 0 aromatic rings. The van der Waals surface area contributed by atoms with Crippen molar-refractivity contribution in [2.75, 3.05) is 13.1 Å². The average molecular weight is 211 g/mol. The number of ether oxygens (including phenoxy) is 1. The van der Waals surface area contributed by atoms with E-state index in [-0.39, 0.29) is 12.6 Å². The topological polar surface area (TPSA) is 38.3 Å². The van der Waals surface area contributed by atoms with E-state index < -0.39 is 18.7 Å². The molecule has 82 valence electrons. The molecular weight excluding hydrogens is 199 g/mol. The van der Waals surface area contributed by atoms with Gasteiger partial charge < -0.3 is 4.74 Å². The molecule has 0 spiro atoms. The van der Waals surface area contributed by atoms with E-state index >= 15 is 0 Å². The molecule has 6 heteroatoms. The largest absolute Gasteiger partial charge is 0.461 e. The Bertz CT molecular complexity index is 201. The number of hydrogen-bond donors (Lipinski definition) is 1. The van der Waals surface area contributed by atoms with Crippen molar-refractivity contribution in [1.82, 2.24) is 5.32 Å². The molecular formula is C8H12F3NO2. The van der Waals surface area contributed by atoms with E-state index in [4.69, 9.17) is 4.74 Å². The maximum absolute atomic E-state index is 11.6. The Labute approximate surface area is 79.6 Å². The lowest BCUT2D eigenvalue weighted by atomic mass is 9.96. The molecule has 0 heterocycles. The van der Waals surface area contributed by atoms with E-state index in [1.54, 1.807) is 0 Å². The van der Waals surface area contributed by atoms with Gasteiger partial charge in [0, 0.05) is 0 Å². The van der Waals surface area contributed by atoms with Gasteiger partial charge in [-0.1, -0.05) is 0 Å². The van der Waals surface area contributed by atoms with Crippen molar-refractivity contribution in [3.05, 3.63) is 0 Å². The van der Waals surface area contributed by atoms with Gasteiger partial charge >= 0.3 is 12.1 Å². The van der Waals surface area contributed by atoms with Gasteiger partial charge in [-0.25, -0.2) is 0 Å². The highest BCUT2D eigenvalue weighted by Crippen LogP contribution is 2.21. The number of hydrogen-bond acceptors (Lipinski definition) is 3. The van der Waals surface area contributed by atoms with Crippen LogP contribution in [0.15, 0.2) is 0 Å². The molecule has 0 unspecified atom stereocenters. The van der Waals surface area contributed by atoms with Crippen LogP contribution < -0.4 is 5.32 Å². The van der Waals surface area contributed by atoms with E-state index in [1.165, 1.54) is 0 Å². The highest BCUT2D eigenvalue weighted by atomic mass is 19.4. The van der Waals surface area contributed by atoms with Crippen molar-refractivity contribution in [2.24, 2.45) is 0 Å². The van der Waals surface area contributed by atoms with Crippen LogP contribution >= 0.6 is 0 Å². The Balaban J connectivity index is 2.03. The molecule has 0 radical (unpaired) electrons. The predicted molar refractivity (Wildman–Crippen MR) is 42.7 cm³/mol. The summed E-state index contributed by atoms with van der Waals surface area (Å²) >= 11 is 0. The second kappa shape index (κ2) is 4.63. The van der Waals surface area contributed by atoms with Crippen molar-refractivity contribution in [2.45, 2.75) is 31.5 Å². The Hall–Kier alpha value is -0.780. The zero-order chi connectivity index (χ0) is 10.6. The zero-order valence-electron chi connectivity index (χ0n) is 7.56. The van der Waals surface area contributed by atoms with Crippen LogP contribution in [0.1, 0.15) is 19.3 Å². The van der Waals surface area contributed by atoms with Crippen LogP contribution in [0.4, 0.5) is 13.2 Å². The SMILES string of the molecule is O=C(CNCC(F)(F)F)OC1CCC1. The smallest absolute Gasteiger partial charge is 0.401 e. The number of nitrogens with one attached hydrogen (secondary N) is 1. The minimum absolute atomic E-state index is 0.0739. The molecule has 1 aliphatic rings. The second-order valence-electron chi connectivity index (χ2n) is 3.26. The molecule has 0 aromatic carbocycles. The van der Waals surface area contributed by atoms with Crippen molar-refractivity contribution in [3.63, 3.8) is 0 Å². The molecule has 14 heavy (non-hydrogen) atoms. The summed E-state index contributed by atoms with van der Waals surface area (Å²) in [5.41, 5.74) is 0. The second-order valence-corrected chi connectivity index (χ2v) is 3.26. The van der Waals surface area contributed by atoms with Gasteiger partial charge in [0.15, 0.2) is 0 Å². The van der Waals surface area contributed by atoms with Crippen LogP contribution in [-0.2, 0) is 9.53 Å². The van der Waals surface area contributed by atoms with Crippen LogP contribution in [0.3, 0.4) is 0 Å².